The van der Waals surface area contributed by atoms with Crippen molar-refractivity contribution in [1.29, 1.82) is 0 Å². The highest BCUT2D eigenvalue weighted by Gasteiger charge is 2.65. The van der Waals surface area contributed by atoms with E-state index in [1.165, 1.54) is 12.1 Å². The number of rotatable bonds is 3. The van der Waals surface area contributed by atoms with Gasteiger partial charge in [-0.2, -0.15) is 8.78 Å². The smallest absolute Gasteiger partial charge is 0.373 e. The number of benzene rings is 1. The molecule has 1 heterocycles. The second-order valence-corrected chi connectivity index (χ2v) is 4.53. The summed E-state index contributed by atoms with van der Waals surface area (Å²) < 4.78 is 51.1. The number of nitrogens with zero attached hydrogens (tertiary/aromatic N) is 1. The van der Waals surface area contributed by atoms with Gasteiger partial charge in [0.15, 0.2) is 0 Å². The first-order valence-corrected chi connectivity index (χ1v) is 6.61. The molecule has 0 radical (unpaired) electrons. The molecule has 124 valence electrons. The zero-order valence-corrected chi connectivity index (χ0v) is 12.3. The maximum Gasteiger partial charge on any atom is 0.373 e. The highest BCUT2D eigenvalue weighted by molar-refractivity contribution is 6.03. The molecular weight excluding hydrogens is 306 g/mol. The molecule has 2 N–H and O–H groups in total. The van der Waals surface area contributed by atoms with Crippen LogP contribution in [0.25, 0.3) is 0 Å². The fourth-order valence-electron chi connectivity index (χ4n) is 1.80. The lowest BCUT2D eigenvalue weighted by molar-refractivity contribution is -0.338. The Morgan fingerprint density at radius 2 is 1.91 bits per heavy atom. The molecule has 0 spiro atoms. The largest absolute Gasteiger partial charge is 0.507 e. The predicted octanol–water partition coefficient (Wildman–Crippen LogP) is 3.44. The predicted molar refractivity (Wildman–Crippen MR) is 72.3 cm³/mol. The normalized spacial score (nSPS) is 21.0. The topological polar surface area (TPSA) is 62.1 Å². The van der Waals surface area contributed by atoms with Gasteiger partial charge in [-0.15, -0.1) is 0 Å². The summed E-state index contributed by atoms with van der Waals surface area (Å²) in [5.74, 6) is -8.48. The first-order valence-electron chi connectivity index (χ1n) is 6.61. The van der Waals surface area contributed by atoms with Crippen LogP contribution < -0.4 is 0 Å². The monoisotopic (exact) mass is 323 g/mol. The molecule has 2 rings (SSSR count). The Labute approximate surface area is 125 Å². The summed E-state index contributed by atoms with van der Waals surface area (Å²) in [7, 11) is 0. The molecule has 22 heavy (non-hydrogen) atoms. The van der Waals surface area contributed by atoms with E-state index in [1.807, 2.05) is 13.8 Å². The third kappa shape index (κ3) is 3.16. The van der Waals surface area contributed by atoms with Crippen molar-refractivity contribution in [2.45, 2.75) is 45.3 Å². The Morgan fingerprint density at radius 1 is 1.32 bits per heavy atom. The van der Waals surface area contributed by atoms with Crippen LogP contribution in [0.2, 0.25) is 0 Å². The van der Waals surface area contributed by atoms with Gasteiger partial charge >= 0.3 is 18.1 Å². The average Bonchev–Trinajstić information content (AvgIpc) is 2.87. The molecule has 0 saturated heterocycles. The number of aromatic hydroxyl groups is 1. The average molecular weight is 323 g/mol. The number of hydrogen-bond donors (Lipinski definition) is 2. The Hall–Kier alpha value is -1.83. The quantitative estimate of drug-likeness (QED) is 0.838. The van der Waals surface area contributed by atoms with Crippen molar-refractivity contribution in [2.24, 2.45) is 5.16 Å². The Bertz CT molecular complexity index is 563. The molecule has 0 saturated carbocycles. The summed E-state index contributed by atoms with van der Waals surface area (Å²) in [6.45, 7) is 5.68. The fraction of sp³-hybridized carbons (Fsp3) is 0.500. The fourth-order valence-corrected chi connectivity index (χ4v) is 1.80. The van der Waals surface area contributed by atoms with Crippen LogP contribution in [0.5, 0.6) is 5.75 Å². The van der Waals surface area contributed by atoms with Crippen LogP contribution in [-0.4, -0.2) is 34.1 Å². The molecule has 0 aromatic heterocycles. The molecule has 0 fully saturated rings. The van der Waals surface area contributed by atoms with E-state index < -0.39 is 24.6 Å². The summed E-state index contributed by atoms with van der Waals surface area (Å²) >= 11 is 0. The van der Waals surface area contributed by atoms with E-state index in [0.717, 1.165) is 0 Å². The van der Waals surface area contributed by atoms with Crippen LogP contribution in [0.3, 0.4) is 0 Å². The number of oxime groups is 1. The Kier molecular flexibility index (Phi) is 5.39. The molecule has 4 nitrogen and oxygen atoms in total. The van der Waals surface area contributed by atoms with Crippen LogP contribution in [0.1, 0.15) is 31.4 Å². The van der Waals surface area contributed by atoms with Crippen molar-refractivity contribution in [3.63, 3.8) is 0 Å². The number of aliphatic hydroxyl groups is 1. The van der Waals surface area contributed by atoms with Crippen LogP contribution in [0, 0.1) is 6.92 Å². The van der Waals surface area contributed by atoms with Gasteiger partial charge in [0.05, 0.1) is 12.1 Å². The third-order valence-corrected chi connectivity index (χ3v) is 2.97. The number of aryl methyl sites for hydroxylation is 1. The van der Waals surface area contributed by atoms with E-state index in [-0.39, 0.29) is 17.0 Å². The highest BCUT2D eigenvalue weighted by Crippen LogP contribution is 2.42. The zero-order valence-electron chi connectivity index (χ0n) is 12.3. The number of phenolic OH excluding ortho intramolecular Hbond substituents is 1. The summed E-state index contributed by atoms with van der Waals surface area (Å²) in [4.78, 5) is 4.13. The van der Waals surface area contributed by atoms with Gasteiger partial charge in [-0.1, -0.05) is 30.6 Å². The second kappa shape index (κ2) is 6.51. The van der Waals surface area contributed by atoms with Crippen LogP contribution in [0.15, 0.2) is 23.4 Å². The van der Waals surface area contributed by atoms with Crippen molar-refractivity contribution < 1.29 is 32.6 Å². The molecular formula is C14H17F4NO3. The third-order valence-electron chi connectivity index (χ3n) is 2.97. The summed E-state index contributed by atoms with van der Waals surface area (Å²) in [6.07, 6.45) is -5.06. The van der Waals surface area contributed by atoms with E-state index in [1.54, 1.807) is 13.0 Å². The molecule has 8 heteroatoms. The van der Waals surface area contributed by atoms with Crippen molar-refractivity contribution in [1.82, 2.24) is 0 Å². The van der Waals surface area contributed by atoms with Crippen molar-refractivity contribution in [2.75, 3.05) is 0 Å². The number of phenols is 1. The second-order valence-electron chi connectivity index (χ2n) is 4.53. The molecule has 1 aliphatic heterocycles. The highest BCUT2D eigenvalue weighted by atomic mass is 19.3. The van der Waals surface area contributed by atoms with Crippen molar-refractivity contribution in [3.8, 4) is 5.75 Å². The van der Waals surface area contributed by atoms with Crippen molar-refractivity contribution in [3.05, 3.63) is 29.3 Å². The molecule has 0 amide bonds. The lowest BCUT2D eigenvalue weighted by Gasteiger charge is -2.28. The van der Waals surface area contributed by atoms with Crippen LogP contribution >= 0.6 is 0 Å². The number of alkyl halides is 4. The molecule has 1 unspecified atom stereocenters. The number of hydrogen-bond acceptors (Lipinski definition) is 4. The molecule has 1 aromatic rings. The molecule has 1 atom stereocenters. The zero-order chi connectivity index (χ0) is 17.1. The lowest BCUT2D eigenvalue weighted by atomic mass is 9.97. The maximum absolute atomic E-state index is 13.2. The molecule has 0 bridgehead atoms. The first-order chi connectivity index (χ1) is 10.2. The Balaban J connectivity index is 0.00000116. The van der Waals surface area contributed by atoms with Gasteiger partial charge in [0, 0.05) is 5.56 Å². The van der Waals surface area contributed by atoms with Crippen LogP contribution in [0.4, 0.5) is 17.6 Å². The Morgan fingerprint density at radius 3 is 2.45 bits per heavy atom. The summed E-state index contributed by atoms with van der Waals surface area (Å²) in [5, 5.41) is 22.4. The summed E-state index contributed by atoms with van der Waals surface area (Å²) in [5.41, 5.74) is 0.511. The minimum atomic E-state index is -4.78. The van der Waals surface area contributed by atoms with E-state index >= 15 is 0 Å². The molecule has 1 aliphatic rings. The molecule has 1 aromatic carbocycles. The van der Waals surface area contributed by atoms with Gasteiger partial charge in [0.2, 0.25) is 0 Å². The maximum atomic E-state index is 13.2. The van der Waals surface area contributed by atoms with Crippen molar-refractivity contribution >= 4 is 5.71 Å². The van der Waals surface area contributed by atoms with Gasteiger partial charge in [-0.25, -0.2) is 8.78 Å². The minimum absolute atomic E-state index is 0.0472. The van der Waals surface area contributed by atoms with E-state index in [2.05, 4.69) is 9.99 Å². The molecule has 0 aliphatic carbocycles. The SMILES string of the molecule is CC.Cc1ccc(O)c(C2=NOC(O)(C(F)(F)C(F)F)C2)c1. The van der Waals surface area contributed by atoms with Gasteiger partial charge in [0.25, 0.3) is 0 Å². The van der Waals surface area contributed by atoms with Gasteiger partial charge < -0.3 is 15.1 Å². The first kappa shape index (κ1) is 18.2. The van der Waals surface area contributed by atoms with E-state index in [4.69, 9.17) is 0 Å². The van der Waals surface area contributed by atoms with Gasteiger partial charge in [-0.3, -0.25) is 0 Å². The van der Waals surface area contributed by atoms with Gasteiger partial charge in [0.1, 0.15) is 5.75 Å². The summed E-state index contributed by atoms with van der Waals surface area (Å²) in [6, 6.07) is 4.29. The minimum Gasteiger partial charge on any atom is -0.507 e. The van der Waals surface area contributed by atoms with E-state index in [9.17, 15) is 27.8 Å². The standard InChI is InChI=1S/C12H11F4NO3.C2H6/c1-6-2-3-9(18)7(4-6)8-5-11(19,20-17-8)12(15,16)10(13)14;1-2/h2-4,10,18-19H,5H2,1H3;1-2H3. The van der Waals surface area contributed by atoms with Gasteiger partial charge in [-0.05, 0) is 19.1 Å². The number of halogens is 4. The lowest BCUT2D eigenvalue weighted by Crippen LogP contribution is -2.52. The van der Waals surface area contributed by atoms with Crippen LogP contribution in [-0.2, 0) is 4.84 Å². The van der Waals surface area contributed by atoms with E-state index in [0.29, 0.717) is 5.56 Å².